The first-order valence-corrected chi connectivity index (χ1v) is 10.7. The third-order valence-electron chi connectivity index (χ3n) is 5.08. The van der Waals surface area contributed by atoms with E-state index in [1.54, 1.807) is 8.87 Å². The molecule has 8 nitrogen and oxygen atoms in total. The summed E-state index contributed by atoms with van der Waals surface area (Å²) in [5.41, 5.74) is -0.0958. The minimum atomic E-state index is -3.17. The largest absolute Gasteiger partial charge is 0.345 e. The van der Waals surface area contributed by atoms with Gasteiger partial charge in [-0.25, -0.2) is 22.2 Å². The van der Waals surface area contributed by atoms with Crippen molar-refractivity contribution in [3.05, 3.63) is 16.3 Å². The number of hydrogen-bond donors (Lipinski definition) is 0. The molecule has 0 radical (unpaired) electrons. The summed E-state index contributed by atoms with van der Waals surface area (Å²) < 4.78 is 30.0. The Kier molecular flexibility index (Phi) is 5.36. The zero-order valence-electron chi connectivity index (χ0n) is 15.4. The summed E-state index contributed by atoms with van der Waals surface area (Å²) in [5.74, 6) is 0.734. The molecule has 142 valence electrons. The molecule has 2 aliphatic rings. The molecule has 2 heterocycles. The summed E-state index contributed by atoms with van der Waals surface area (Å²) in [5, 5.41) is 4.39. The molecule has 2 fully saturated rings. The van der Waals surface area contributed by atoms with Crippen molar-refractivity contribution in [2.45, 2.75) is 56.9 Å². The lowest BCUT2D eigenvalue weighted by Gasteiger charge is -2.31. The van der Waals surface area contributed by atoms with E-state index in [0.29, 0.717) is 26.2 Å². The van der Waals surface area contributed by atoms with Crippen molar-refractivity contribution in [2.75, 3.05) is 33.7 Å². The Hall–Kier alpha value is -1.19. The van der Waals surface area contributed by atoms with E-state index in [1.807, 2.05) is 25.9 Å². The molecule has 1 aliphatic heterocycles. The third kappa shape index (κ3) is 3.83. The zero-order valence-corrected chi connectivity index (χ0v) is 16.2. The van der Waals surface area contributed by atoms with Crippen LogP contribution in [0.4, 0.5) is 0 Å². The van der Waals surface area contributed by atoms with E-state index < -0.39 is 10.0 Å². The second-order valence-corrected chi connectivity index (χ2v) is 9.57. The van der Waals surface area contributed by atoms with Gasteiger partial charge < -0.3 is 4.90 Å². The molecular weight excluding hydrogens is 342 g/mol. The highest BCUT2D eigenvalue weighted by molar-refractivity contribution is 7.90. The van der Waals surface area contributed by atoms with E-state index >= 15 is 0 Å². The van der Waals surface area contributed by atoms with Crippen LogP contribution in [0.15, 0.2) is 4.79 Å². The summed E-state index contributed by atoms with van der Waals surface area (Å²) >= 11 is 0. The highest BCUT2D eigenvalue weighted by Crippen LogP contribution is 2.35. The van der Waals surface area contributed by atoms with Gasteiger partial charge in [0, 0.05) is 32.1 Å². The molecule has 9 heteroatoms. The quantitative estimate of drug-likeness (QED) is 0.689. The van der Waals surface area contributed by atoms with Gasteiger partial charge in [0.05, 0.1) is 11.8 Å². The lowest BCUT2D eigenvalue weighted by Crippen LogP contribution is -2.41. The average Bonchev–Trinajstić information content (AvgIpc) is 3.38. The average molecular weight is 372 g/mol. The number of sulfonamides is 1. The Labute approximate surface area is 149 Å². The van der Waals surface area contributed by atoms with Gasteiger partial charge >= 0.3 is 5.69 Å². The van der Waals surface area contributed by atoms with E-state index in [-0.39, 0.29) is 16.9 Å². The summed E-state index contributed by atoms with van der Waals surface area (Å²) in [7, 11) is 0.756. The Balaban J connectivity index is 1.82. The van der Waals surface area contributed by atoms with Gasteiger partial charge in [0.25, 0.3) is 0 Å². The summed E-state index contributed by atoms with van der Waals surface area (Å²) in [6, 6.07) is 0. The maximum Gasteiger partial charge on any atom is 0.345 e. The van der Waals surface area contributed by atoms with Crippen molar-refractivity contribution in [3.8, 4) is 0 Å². The van der Waals surface area contributed by atoms with Gasteiger partial charge in [-0.2, -0.15) is 5.10 Å². The third-order valence-corrected chi connectivity index (χ3v) is 7.45. The van der Waals surface area contributed by atoms with Crippen molar-refractivity contribution in [1.82, 2.24) is 23.6 Å². The van der Waals surface area contributed by atoms with Crippen molar-refractivity contribution >= 4 is 10.0 Å². The van der Waals surface area contributed by atoms with E-state index in [1.165, 1.54) is 4.68 Å². The molecule has 0 aromatic carbocycles. The fourth-order valence-electron chi connectivity index (χ4n) is 3.46. The standard InChI is InChI=1S/C16H29N5O3S/c1-4-20-15(17-21(16(20)22)11-10-18(2)3)13-6-5-9-19(12-13)25(23,24)14-7-8-14/h13-14H,4-12H2,1-3H3/t13-/m1/s1. The van der Waals surface area contributed by atoms with Crippen LogP contribution in [0.25, 0.3) is 0 Å². The van der Waals surface area contributed by atoms with Gasteiger partial charge in [-0.3, -0.25) is 4.57 Å². The van der Waals surface area contributed by atoms with Crippen LogP contribution in [-0.4, -0.2) is 71.0 Å². The predicted molar refractivity (Wildman–Crippen MR) is 96.2 cm³/mol. The number of aromatic nitrogens is 3. The Morgan fingerprint density at radius 1 is 1.24 bits per heavy atom. The maximum absolute atomic E-state index is 12.6. The predicted octanol–water partition coefficient (Wildman–Crippen LogP) is 0.298. The molecule has 0 amide bonds. The van der Waals surface area contributed by atoms with Crippen LogP contribution in [0.5, 0.6) is 0 Å². The highest BCUT2D eigenvalue weighted by atomic mass is 32.2. The Morgan fingerprint density at radius 3 is 2.56 bits per heavy atom. The van der Waals surface area contributed by atoms with E-state index in [2.05, 4.69) is 5.10 Å². The summed E-state index contributed by atoms with van der Waals surface area (Å²) in [6.07, 6.45) is 3.25. The molecule has 0 N–H and O–H groups in total. The Bertz CT molecular complexity index is 763. The van der Waals surface area contributed by atoms with E-state index in [9.17, 15) is 13.2 Å². The molecule has 1 saturated heterocycles. The van der Waals surface area contributed by atoms with Crippen LogP contribution in [0.2, 0.25) is 0 Å². The number of nitrogens with zero attached hydrogens (tertiary/aromatic N) is 5. The van der Waals surface area contributed by atoms with Gasteiger partial charge in [-0.05, 0) is 46.7 Å². The molecule has 1 saturated carbocycles. The molecule has 25 heavy (non-hydrogen) atoms. The molecular formula is C16H29N5O3S. The summed E-state index contributed by atoms with van der Waals surface area (Å²) in [6.45, 7) is 4.82. The topological polar surface area (TPSA) is 80.4 Å². The van der Waals surface area contributed by atoms with Crippen molar-refractivity contribution < 1.29 is 8.42 Å². The van der Waals surface area contributed by atoms with Crippen molar-refractivity contribution in [3.63, 3.8) is 0 Å². The van der Waals surface area contributed by atoms with Crippen LogP contribution >= 0.6 is 0 Å². The van der Waals surface area contributed by atoms with Crippen LogP contribution in [0, 0.1) is 0 Å². The van der Waals surface area contributed by atoms with Gasteiger partial charge in [0.15, 0.2) is 0 Å². The SMILES string of the molecule is CCn1c([C@@H]2CCCN(S(=O)(=O)C3CC3)C2)nn(CCN(C)C)c1=O. The van der Waals surface area contributed by atoms with Crippen LogP contribution < -0.4 is 5.69 Å². The van der Waals surface area contributed by atoms with Crippen LogP contribution in [0.3, 0.4) is 0 Å². The van der Waals surface area contributed by atoms with Crippen molar-refractivity contribution in [1.29, 1.82) is 0 Å². The second-order valence-electron chi connectivity index (χ2n) is 7.35. The molecule has 0 spiro atoms. The lowest BCUT2D eigenvalue weighted by atomic mass is 9.99. The molecule has 1 atom stereocenters. The minimum absolute atomic E-state index is 0.00414. The van der Waals surface area contributed by atoms with E-state index in [4.69, 9.17) is 0 Å². The number of likely N-dealkylation sites (N-methyl/N-ethyl adjacent to an activating group) is 1. The molecule has 0 bridgehead atoms. The fourth-order valence-corrected chi connectivity index (χ4v) is 5.38. The van der Waals surface area contributed by atoms with Gasteiger partial charge in [-0.15, -0.1) is 0 Å². The zero-order chi connectivity index (χ0) is 18.2. The number of rotatable bonds is 7. The fraction of sp³-hybridized carbons (Fsp3) is 0.875. The number of hydrogen-bond acceptors (Lipinski definition) is 5. The monoisotopic (exact) mass is 371 g/mol. The van der Waals surface area contributed by atoms with Gasteiger partial charge in [0.2, 0.25) is 10.0 Å². The summed E-state index contributed by atoms with van der Waals surface area (Å²) in [4.78, 5) is 14.6. The van der Waals surface area contributed by atoms with Gasteiger partial charge in [-0.1, -0.05) is 0 Å². The van der Waals surface area contributed by atoms with E-state index in [0.717, 1.165) is 38.1 Å². The first-order valence-electron chi connectivity index (χ1n) is 9.15. The highest BCUT2D eigenvalue weighted by Gasteiger charge is 2.42. The first kappa shape index (κ1) is 18.6. The molecule has 3 rings (SSSR count). The molecule has 1 aromatic rings. The Morgan fingerprint density at radius 2 is 1.96 bits per heavy atom. The first-order chi connectivity index (χ1) is 11.8. The maximum atomic E-state index is 12.6. The lowest BCUT2D eigenvalue weighted by molar-refractivity contribution is 0.303. The second kappa shape index (κ2) is 7.20. The smallest absolute Gasteiger partial charge is 0.308 e. The van der Waals surface area contributed by atoms with Crippen molar-refractivity contribution in [2.24, 2.45) is 0 Å². The van der Waals surface area contributed by atoms with Gasteiger partial charge in [0.1, 0.15) is 5.82 Å². The molecule has 1 aromatic heterocycles. The number of piperidine rings is 1. The normalized spacial score (nSPS) is 22.6. The molecule has 1 aliphatic carbocycles. The van der Waals surface area contributed by atoms with Crippen LogP contribution in [0.1, 0.15) is 44.3 Å². The minimum Gasteiger partial charge on any atom is -0.308 e. The molecule has 0 unspecified atom stereocenters. The van der Waals surface area contributed by atoms with Crippen LogP contribution in [-0.2, 0) is 23.1 Å².